The first-order chi connectivity index (χ1) is 7.25. The first kappa shape index (κ1) is 9.34. The maximum absolute atomic E-state index is 11.8. The number of fused-ring (bicyclic) bond motifs is 2. The molecule has 1 aromatic heterocycles. The Bertz CT molecular complexity index is 401. The van der Waals surface area contributed by atoms with E-state index >= 15 is 0 Å². The fraction of sp³-hybridized carbons (Fsp3) is 0.500. The van der Waals surface area contributed by atoms with Crippen LogP contribution in [-0.4, -0.2) is 10.8 Å². The zero-order chi connectivity index (χ0) is 10.4. The van der Waals surface area contributed by atoms with E-state index in [4.69, 9.17) is 11.6 Å². The third-order valence-corrected chi connectivity index (χ3v) is 4.02. The van der Waals surface area contributed by atoms with E-state index in [-0.39, 0.29) is 5.92 Å². The van der Waals surface area contributed by atoms with Crippen molar-refractivity contribution >= 4 is 17.4 Å². The largest absolute Gasteiger partial charge is 0.299 e. The second-order valence-corrected chi connectivity index (χ2v) is 4.93. The molecule has 0 saturated heterocycles. The molecule has 78 valence electrons. The number of ketones is 1. The van der Waals surface area contributed by atoms with Gasteiger partial charge in [-0.25, -0.2) is 4.98 Å². The third kappa shape index (κ3) is 1.39. The molecule has 2 aliphatic rings. The lowest BCUT2D eigenvalue weighted by Gasteiger charge is -2.19. The Labute approximate surface area is 93.7 Å². The SMILES string of the molecule is O=C1[C@H]2CC[C@@H]1[C@@H](c1ccc(Cl)nc1)C2. The second-order valence-electron chi connectivity index (χ2n) is 4.54. The van der Waals surface area contributed by atoms with Crippen molar-refractivity contribution in [1.82, 2.24) is 4.98 Å². The summed E-state index contributed by atoms with van der Waals surface area (Å²) in [5.41, 5.74) is 1.18. The summed E-state index contributed by atoms with van der Waals surface area (Å²) in [6.07, 6.45) is 5.01. The standard InChI is InChI=1S/C12H12ClNO/c13-11-4-2-8(6-14-11)10-5-7-1-3-9(10)12(7)15/h2,4,6-7,9-10H,1,3,5H2/t7-,9+,10+/m0/s1. The Balaban J connectivity index is 1.90. The van der Waals surface area contributed by atoms with E-state index in [1.807, 2.05) is 18.3 Å². The molecule has 3 heteroatoms. The van der Waals surface area contributed by atoms with Crippen LogP contribution >= 0.6 is 11.6 Å². The number of aromatic nitrogens is 1. The van der Waals surface area contributed by atoms with Crippen molar-refractivity contribution in [3.63, 3.8) is 0 Å². The van der Waals surface area contributed by atoms with Crippen LogP contribution in [-0.2, 0) is 4.79 Å². The molecule has 2 aliphatic carbocycles. The highest BCUT2D eigenvalue weighted by Gasteiger charge is 2.47. The van der Waals surface area contributed by atoms with E-state index in [9.17, 15) is 4.79 Å². The second kappa shape index (κ2) is 3.31. The predicted molar refractivity (Wildman–Crippen MR) is 57.8 cm³/mol. The number of nitrogens with zero attached hydrogens (tertiary/aromatic N) is 1. The maximum atomic E-state index is 11.8. The van der Waals surface area contributed by atoms with Gasteiger partial charge in [0, 0.05) is 18.0 Å². The van der Waals surface area contributed by atoms with Crippen LogP contribution in [0.4, 0.5) is 0 Å². The number of carbonyl (C=O) groups is 1. The summed E-state index contributed by atoms with van der Waals surface area (Å²) in [4.78, 5) is 15.9. The molecule has 1 heterocycles. The molecule has 0 aromatic carbocycles. The van der Waals surface area contributed by atoms with E-state index in [2.05, 4.69) is 4.98 Å². The van der Waals surface area contributed by atoms with E-state index in [1.54, 1.807) is 0 Å². The van der Waals surface area contributed by atoms with Crippen LogP contribution in [0.5, 0.6) is 0 Å². The molecule has 2 saturated carbocycles. The Kier molecular flexibility index (Phi) is 2.06. The molecular formula is C12H12ClNO. The van der Waals surface area contributed by atoms with Gasteiger partial charge in [0.05, 0.1) is 0 Å². The van der Waals surface area contributed by atoms with E-state index in [1.165, 1.54) is 5.56 Å². The summed E-state index contributed by atoms with van der Waals surface area (Å²) in [6.45, 7) is 0. The first-order valence-electron chi connectivity index (χ1n) is 5.41. The number of carbonyl (C=O) groups excluding carboxylic acids is 1. The summed E-state index contributed by atoms with van der Waals surface area (Å²) in [7, 11) is 0. The van der Waals surface area contributed by atoms with Crippen molar-refractivity contribution < 1.29 is 4.79 Å². The van der Waals surface area contributed by atoms with Crippen LogP contribution in [0.3, 0.4) is 0 Å². The lowest BCUT2D eigenvalue weighted by molar-refractivity contribution is -0.121. The van der Waals surface area contributed by atoms with Gasteiger partial charge in [0.25, 0.3) is 0 Å². The van der Waals surface area contributed by atoms with Gasteiger partial charge in [0.1, 0.15) is 10.9 Å². The minimum atomic E-state index is 0.262. The summed E-state index contributed by atoms with van der Waals surface area (Å²) >= 11 is 5.75. The zero-order valence-electron chi connectivity index (χ0n) is 8.32. The van der Waals surface area contributed by atoms with Gasteiger partial charge in [-0.1, -0.05) is 17.7 Å². The highest BCUT2D eigenvalue weighted by Crippen LogP contribution is 2.50. The van der Waals surface area contributed by atoms with Crippen molar-refractivity contribution in [2.75, 3.05) is 0 Å². The highest BCUT2D eigenvalue weighted by atomic mass is 35.5. The van der Waals surface area contributed by atoms with Gasteiger partial charge in [-0.05, 0) is 36.8 Å². The highest BCUT2D eigenvalue weighted by molar-refractivity contribution is 6.29. The normalized spacial score (nSPS) is 33.7. The molecule has 3 atom stereocenters. The van der Waals surface area contributed by atoms with Gasteiger partial charge >= 0.3 is 0 Å². The fourth-order valence-electron chi connectivity index (χ4n) is 3.05. The predicted octanol–water partition coefficient (Wildman–Crippen LogP) is 2.82. The van der Waals surface area contributed by atoms with Crippen LogP contribution < -0.4 is 0 Å². The average molecular weight is 222 g/mol. The summed E-state index contributed by atoms with van der Waals surface area (Å²) in [5, 5.41) is 0.522. The van der Waals surface area contributed by atoms with Crippen molar-refractivity contribution in [3.05, 3.63) is 29.0 Å². The lowest BCUT2D eigenvalue weighted by Crippen LogP contribution is -2.10. The van der Waals surface area contributed by atoms with Gasteiger partial charge in [-0.15, -0.1) is 0 Å². The average Bonchev–Trinajstić information content (AvgIpc) is 2.75. The van der Waals surface area contributed by atoms with Crippen molar-refractivity contribution in [2.24, 2.45) is 11.8 Å². The summed E-state index contributed by atoms with van der Waals surface area (Å²) < 4.78 is 0. The number of halogens is 1. The van der Waals surface area contributed by atoms with Crippen LogP contribution in [0.25, 0.3) is 0 Å². The van der Waals surface area contributed by atoms with Crippen LogP contribution in [0, 0.1) is 11.8 Å². The number of hydrogen-bond acceptors (Lipinski definition) is 2. The van der Waals surface area contributed by atoms with Gasteiger partial charge in [-0.3, -0.25) is 4.79 Å². The molecule has 3 rings (SSSR count). The topological polar surface area (TPSA) is 30.0 Å². The van der Waals surface area contributed by atoms with E-state index < -0.39 is 0 Å². The third-order valence-electron chi connectivity index (χ3n) is 3.80. The van der Waals surface area contributed by atoms with Crippen molar-refractivity contribution in [1.29, 1.82) is 0 Å². The molecule has 1 aromatic rings. The Morgan fingerprint density at radius 3 is 2.67 bits per heavy atom. The van der Waals surface area contributed by atoms with E-state index in [0.717, 1.165) is 19.3 Å². The molecule has 0 spiro atoms. The molecule has 15 heavy (non-hydrogen) atoms. The number of rotatable bonds is 1. The Morgan fingerprint density at radius 1 is 1.27 bits per heavy atom. The molecule has 2 fully saturated rings. The Morgan fingerprint density at radius 2 is 2.13 bits per heavy atom. The molecule has 0 aliphatic heterocycles. The first-order valence-corrected chi connectivity index (χ1v) is 5.78. The lowest BCUT2D eigenvalue weighted by atomic mass is 9.84. The Hall–Kier alpha value is -0.890. The number of pyridine rings is 1. The molecule has 0 radical (unpaired) electrons. The quantitative estimate of drug-likeness (QED) is 0.683. The minimum absolute atomic E-state index is 0.262. The van der Waals surface area contributed by atoms with E-state index in [0.29, 0.717) is 22.8 Å². The van der Waals surface area contributed by atoms with Gasteiger partial charge in [0.15, 0.2) is 0 Å². The molecule has 2 bridgehead atoms. The molecule has 0 N–H and O–H groups in total. The van der Waals surface area contributed by atoms with Crippen LogP contribution in [0.2, 0.25) is 5.15 Å². The van der Waals surface area contributed by atoms with Crippen molar-refractivity contribution in [3.8, 4) is 0 Å². The minimum Gasteiger partial charge on any atom is -0.299 e. The van der Waals surface area contributed by atoms with Crippen LogP contribution in [0.15, 0.2) is 18.3 Å². The molecule has 0 amide bonds. The molecule has 0 unspecified atom stereocenters. The van der Waals surface area contributed by atoms with Crippen molar-refractivity contribution in [2.45, 2.75) is 25.2 Å². The monoisotopic (exact) mass is 221 g/mol. The zero-order valence-corrected chi connectivity index (χ0v) is 9.07. The maximum Gasteiger partial charge on any atom is 0.139 e. The fourth-order valence-corrected chi connectivity index (χ4v) is 3.16. The number of Topliss-reactive ketones (excluding diaryl/α,β-unsaturated/α-hetero) is 1. The number of hydrogen-bond donors (Lipinski definition) is 0. The molecule has 2 nitrogen and oxygen atoms in total. The summed E-state index contributed by atoms with van der Waals surface area (Å²) in [6, 6.07) is 3.82. The summed E-state index contributed by atoms with van der Waals surface area (Å²) in [5.74, 6) is 1.48. The van der Waals surface area contributed by atoms with Gasteiger partial charge in [0.2, 0.25) is 0 Å². The smallest absolute Gasteiger partial charge is 0.139 e. The molecular weight excluding hydrogens is 210 g/mol. The van der Waals surface area contributed by atoms with Gasteiger partial charge in [-0.2, -0.15) is 0 Å². The van der Waals surface area contributed by atoms with Crippen LogP contribution in [0.1, 0.15) is 30.7 Å². The van der Waals surface area contributed by atoms with Gasteiger partial charge < -0.3 is 0 Å².